The van der Waals surface area contributed by atoms with Crippen LogP contribution in [0.25, 0.3) is 10.8 Å². The molecule has 0 fully saturated rings. The first kappa shape index (κ1) is 9.99. The molecular formula is C13H14O2. The van der Waals surface area contributed by atoms with Gasteiger partial charge in [0.1, 0.15) is 11.9 Å². The van der Waals surface area contributed by atoms with Gasteiger partial charge in [-0.3, -0.25) is 0 Å². The fourth-order valence-corrected chi connectivity index (χ4v) is 1.55. The van der Waals surface area contributed by atoms with Crippen LogP contribution < -0.4 is 4.74 Å². The van der Waals surface area contributed by atoms with Crippen LogP contribution in [0.15, 0.2) is 42.5 Å². The number of hydrogen-bond acceptors (Lipinski definition) is 2. The lowest BCUT2D eigenvalue weighted by molar-refractivity contribution is 0.131. The second-order valence-electron chi connectivity index (χ2n) is 3.59. The average molecular weight is 202 g/mol. The predicted octanol–water partition coefficient (Wildman–Crippen LogP) is 2.60. The fraction of sp³-hybridized carbons (Fsp3) is 0.231. The summed E-state index contributed by atoms with van der Waals surface area (Å²) in [5.41, 5.74) is 0. The van der Waals surface area contributed by atoms with E-state index in [1.807, 2.05) is 49.4 Å². The molecule has 0 aliphatic carbocycles. The van der Waals surface area contributed by atoms with Gasteiger partial charge in [-0.15, -0.1) is 0 Å². The molecule has 2 aromatic rings. The summed E-state index contributed by atoms with van der Waals surface area (Å²) in [6.07, 6.45) is -0.171. The summed E-state index contributed by atoms with van der Waals surface area (Å²) in [5, 5.41) is 11.2. The third-order valence-corrected chi connectivity index (χ3v) is 2.33. The highest BCUT2D eigenvalue weighted by atomic mass is 16.5. The second-order valence-corrected chi connectivity index (χ2v) is 3.59. The van der Waals surface area contributed by atoms with Gasteiger partial charge in [-0.2, -0.15) is 0 Å². The van der Waals surface area contributed by atoms with Gasteiger partial charge in [-0.25, -0.2) is 0 Å². The Morgan fingerprint density at radius 3 is 2.67 bits per heavy atom. The maximum atomic E-state index is 8.94. The number of aliphatic hydroxyl groups excluding tert-OH is 1. The lowest BCUT2D eigenvalue weighted by Crippen LogP contribution is -2.16. The van der Waals surface area contributed by atoms with Gasteiger partial charge in [0.15, 0.2) is 0 Å². The zero-order valence-electron chi connectivity index (χ0n) is 8.68. The van der Waals surface area contributed by atoms with Crippen molar-refractivity contribution < 1.29 is 9.84 Å². The van der Waals surface area contributed by atoms with Gasteiger partial charge in [-0.1, -0.05) is 36.4 Å². The molecule has 1 atom stereocenters. The first-order valence-electron chi connectivity index (χ1n) is 5.06. The Morgan fingerprint density at radius 2 is 1.87 bits per heavy atom. The van der Waals surface area contributed by atoms with Crippen LogP contribution in [-0.2, 0) is 0 Å². The van der Waals surface area contributed by atoms with E-state index < -0.39 is 0 Å². The van der Waals surface area contributed by atoms with Gasteiger partial charge in [0.05, 0.1) is 6.61 Å². The third kappa shape index (κ3) is 2.10. The normalized spacial score (nSPS) is 12.7. The molecule has 0 radical (unpaired) electrons. The Hall–Kier alpha value is -1.54. The predicted molar refractivity (Wildman–Crippen MR) is 61.1 cm³/mol. The molecule has 2 heteroatoms. The van der Waals surface area contributed by atoms with Crippen molar-refractivity contribution in [3.05, 3.63) is 42.5 Å². The summed E-state index contributed by atoms with van der Waals surface area (Å²) in [5.74, 6) is 0.828. The Labute approximate surface area is 89.1 Å². The third-order valence-electron chi connectivity index (χ3n) is 2.33. The lowest BCUT2D eigenvalue weighted by atomic mass is 10.1. The molecular weight excluding hydrogens is 188 g/mol. The number of hydrogen-bond donors (Lipinski definition) is 1. The van der Waals surface area contributed by atoms with E-state index in [9.17, 15) is 0 Å². The first-order valence-corrected chi connectivity index (χ1v) is 5.06. The van der Waals surface area contributed by atoms with Crippen molar-refractivity contribution in [1.29, 1.82) is 0 Å². The molecule has 0 aliphatic heterocycles. The second kappa shape index (κ2) is 4.32. The molecule has 0 bridgehead atoms. The summed E-state index contributed by atoms with van der Waals surface area (Å²) in [6, 6.07) is 14.0. The van der Waals surface area contributed by atoms with Crippen molar-refractivity contribution in [2.75, 3.05) is 6.61 Å². The molecule has 2 aromatic carbocycles. The van der Waals surface area contributed by atoms with E-state index in [1.54, 1.807) is 0 Å². The first-order chi connectivity index (χ1) is 7.31. The molecule has 2 rings (SSSR count). The van der Waals surface area contributed by atoms with Gasteiger partial charge >= 0.3 is 0 Å². The van der Waals surface area contributed by atoms with Crippen LogP contribution in [0.4, 0.5) is 0 Å². The van der Waals surface area contributed by atoms with Crippen LogP contribution in [0.1, 0.15) is 6.92 Å². The highest BCUT2D eigenvalue weighted by Crippen LogP contribution is 2.25. The summed E-state index contributed by atoms with van der Waals surface area (Å²) in [6.45, 7) is 1.88. The minimum absolute atomic E-state index is 0.0310. The molecule has 0 spiro atoms. The number of aliphatic hydroxyl groups is 1. The summed E-state index contributed by atoms with van der Waals surface area (Å²) >= 11 is 0. The minimum Gasteiger partial charge on any atom is -0.488 e. The van der Waals surface area contributed by atoms with Crippen LogP contribution in [0, 0.1) is 0 Å². The molecule has 0 saturated carbocycles. The van der Waals surface area contributed by atoms with Crippen molar-refractivity contribution in [2.24, 2.45) is 0 Å². The minimum atomic E-state index is -0.171. The van der Waals surface area contributed by atoms with Gasteiger partial charge < -0.3 is 9.84 Å². The topological polar surface area (TPSA) is 29.5 Å². The smallest absolute Gasteiger partial charge is 0.127 e. The van der Waals surface area contributed by atoms with Crippen molar-refractivity contribution in [3.63, 3.8) is 0 Å². The summed E-state index contributed by atoms with van der Waals surface area (Å²) in [7, 11) is 0. The quantitative estimate of drug-likeness (QED) is 0.829. The number of ether oxygens (including phenoxy) is 1. The Bertz CT molecular complexity index is 446. The zero-order valence-corrected chi connectivity index (χ0v) is 8.68. The van der Waals surface area contributed by atoms with E-state index in [-0.39, 0.29) is 12.7 Å². The molecule has 0 aromatic heterocycles. The Kier molecular flexibility index (Phi) is 2.88. The molecule has 0 unspecified atom stereocenters. The SMILES string of the molecule is C[C@@H](CO)Oc1cccc2ccccc12. The van der Waals surface area contributed by atoms with Crippen LogP contribution in [0.3, 0.4) is 0 Å². The van der Waals surface area contributed by atoms with Crippen molar-refractivity contribution >= 4 is 10.8 Å². The van der Waals surface area contributed by atoms with E-state index in [2.05, 4.69) is 0 Å². The van der Waals surface area contributed by atoms with E-state index in [1.165, 1.54) is 0 Å². The van der Waals surface area contributed by atoms with E-state index >= 15 is 0 Å². The molecule has 0 heterocycles. The van der Waals surface area contributed by atoms with Crippen molar-refractivity contribution in [3.8, 4) is 5.75 Å². The lowest BCUT2D eigenvalue weighted by Gasteiger charge is -2.13. The molecule has 0 amide bonds. The summed E-state index contributed by atoms with van der Waals surface area (Å²) < 4.78 is 5.63. The monoisotopic (exact) mass is 202 g/mol. The number of rotatable bonds is 3. The van der Waals surface area contributed by atoms with Gasteiger partial charge in [-0.05, 0) is 18.4 Å². The van der Waals surface area contributed by atoms with Crippen LogP contribution in [0.5, 0.6) is 5.75 Å². The van der Waals surface area contributed by atoms with Crippen LogP contribution in [-0.4, -0.2) is 17.8 Å². The molecule has 15 heavy (non-hydrogen) atoms. The van der Waals surface area contributed by atoms with E-state index in [4.69, 9.17) is 9.84 Å². The van der Waals surface area contributed by atoms with Crippen LogP contribution in [0.2, 0.25) is 0 Å². The van der Waals surface area contributed by atoms with Gasteiger partial charge in [0, 0.05) is 5.39 Å². The maximum absolute atomic E-state index is 8.94. The molecule has 0 saturated heterocycles. The molecule has 0 aliphatic rings. The fourth-order valence-electron chi connectivity index (χ4n) is 1.55. The Balaban J connectivity index is 2.42. The van der Waals surface area contributed by atoms with E-state index in [0.717, 1.165) is 16.5 Å². The largest absolute Gasteiger partial charge is 0.488 e. The van der Waals surface area contributed by atoms with Crippen molar-refractivity contribution in [1.82, 2.24) is 0 Å². The highest BCUT2D eigenvalue weighted by Gasteiger charge is 2.05. The number of benzene rings is 2. The van der Waals surface area contributed by atoms with E-state index in [0.29, 0.717) is 0 Å². The van der Waals surface area contributed by atoms with Crippen LogP contribution >= 0.6 is 0 Å². The average Bonchev–Trinajstić information content (AvgIpc) is 2.29. The highest BCUT2D eigenvalue weighted by molar-refractivity contribution is 5.88. The van der Waals surface area contributed by atoms with Gasteiger partial charge in [0.2, 0.25) is 0 Å². The molecule has 1 N–H and O–H groups in total. The maximum Gasteiger partial charge on any atom is 0.127 e. The zero-order chi connectivity index (χ0) is 10.7. The van der Waals surface area contributed by atoms with Gasteiger partial charge in [0.25, 0.3) is 0 Å². The standard InChI is InChI=1S/C13H14O2/c1-10(9-14)15-13-8-4-6-11-5-2-3-7-12(11)13/h2-8,10,14H,9H2,1H3/t10-/m0/s1. The summed E-state index contributed by atoms with van der Waals surface area (Å²) in [4.78, 5) is 0. The Morgan fingerprint density at radius 1 is 1.13 bits per heavy atom. The number of fused-ring (bicyclic) bond motifs is 1. The molecule has 78 valence electrons. The molecule has 2 nitrogen and oxygen atoms in total. The van der Waals surface area contributed by atoms with Crippen molar-refractivity contribution in [2.45, 2.75) is 13.0 Å².